The minimum absolute atomic E-state index is 0.0424. The van der Waals surface area contributed by atoms with E-state index >= 15 is 0 Å². The Kier molecular flexibility index (Phi) is 3.90. The molecule has 0 atom stereocenters. The molecule has 19 heavy (non-hydrogen) atoms. The molecule has 1 heterocycles. The molecule has 0 saturated carbocycles. The third kappa shape index (κ3) is 2.36. The Morgan fingerprint density at radius 2 is 2.05 bits per heavy atom. The number of hydrogen-bond acceptors (Lipinski definition) is 3. The van der Waals surface area contributed by atoms with Gasteiger partial charge in [-0.05, 0) is 26.0 Å². The van der Waals surface area contributed by atoms with E-state index in [-0.39, 0.29) is 11.7 Å². The summed E-state index contributed by atoms with van der Waals surface area (Å²) in [6.45, 7) is 3.66. The number of aromatic nitrogens is 2. The number of rotatable bonds is 4. The summed E-state index contributed by atoms with van der Waals surface area (Å²) in [4.78, 5) is 11.8. The van der Waals surface area contributed by atoms with Crippen LogP contribution in [0.25, 0.3) is 5.69 Å². The molecule has 2 aromatic rings. The highest BCUT2D eigenvalue weighted by Gasteiger charge is 2.19. The number of ether oxygens (including phenoxy) is 1. The minimum atomic E-state index is -0.113. The maximum Gasteiger partial charge on any atom is 0.181 e. The summed E-state index contributed by atoms with van der Waals surface area (Å²) in [6, 6.07) is 7.54. The second-order valence-electron chi connectivity index (χ2n) is 4.19. The molecule has 4 nitrogen and oxygen atoms in total. The number of Topliss-reactive ketones (excluding diaryl/α,β-unsaturated/α-hetero) is 1. The van der Waals surface area contributed by atoms with Gasteiger partial charge in [0.2, 0.25) is 0 Å². The normalized spacial score (nSPS) is 10.5. The lowest BCUT2D eigenvalue weighted by Crippen LogP contribution is -2.05. The Labute approximate surface area is 116 Å². The van der Waals surface area contributed by atoms with E-state index in [0.717, 1.165) is 11.4 Å². The van der Waals surface area contributed by atoms with Crippen LogP contribution in [0.2, 0.25) is 0 Å². The van der Waals surface area contributed by atoms with Crippen molar-refractivity contribution in [1.82, 2.24) is 9.78 Å². The van der Waals surface area contributed by atoms with E-state index in [4.69, 9.17) is 16.3 Å². The molecule has 0 saturated heterocycles. The summed E-state index contributed by atoms with van der Waals surface area (Å²) in [5.41, 5.74) is 2.84. The van der Waals surface area contributed by atoms with Gasteiger partial charge < -0.3 is 4.74 Å². The number of hydrogen-bond donors (Lipinski definition) is 0. The number of nitrogens with zero attached hydrogens (tertiary/aromatic N) is 2. The number of halogens is 1. The number of para-hydroxylation sites is 2. The van der Waals surface area contributed by atoms with Crippen LogP contribution < -0.4 is 4.74 Å². The van der Waals surface area contributed by atoms with Crippen molar-refractivity contribution in [2.45, 2.75) is 13.8 Å². The average molecular weight is 279 g/mol. The molecule has 0 radical (unpaired) electrons. The Morgan fingerprint density at radius 1 is 1.37 bits per heavy atom. The quantitative estimate of drug-likeness (QED) is 0.638. The van der Waals surface area contributed by atoms with Gasteiger partial charge in [0.1, 0.15) is 11.4 Å². The molecule has 5 heteroatoms. The maximum absolute atomic E-state index is 11.8. The Morgan fingerprint density at radius 3 is 2.68 bits per heavy atom. The van der Waals surface area contributed by atoms with Crippen molar-refractivity contribution < 1.29 is 9.53 Å². The highest BCUT2D eigenvalue weighted by atomic mass is 35.5. The van der Waals surface area contributed by atoms with Crippen molar-refractivity contribution in [3.8, 4) is 11.4 Å². The second-order valence-corrected chi connectivity index (χ2v) is 4.45. The molecule has 0 spiro atoms. The highest BCUT2D eigenvalue weighted by molar-refractivity contribution is 6.30. The average Bonchev–Trinajstić information content (AvgIpc) is 2.73. The van der Waals surface area contributed by atoms with Crippen LogP contribution in [-0.4, -0.2) is 28.6 Å². The Bertz CT molecular complexity index is 620. The van der Waals surface area contributed by atoms with Gasteiger partial charge in [-0.2, -0.15) is 5.10 Å². The SMILES string of the molecule is COc1ccccc1-n1nc(C)c(C(=O)CCl)c1C. The van der Waals surface area contributed by atoms with Crippen LogP contribution in [0.15, 0.2) is 24.3 Å². The molecule has 100 valence electrons. The van der Waals surface area contributed by atoms with E-state index in [1.165, 1.54) is 0 Å². The van der Waals surface area contributed by atoms with Gasteiger partial charge >= 0.3 is 0 Å². The van der Waals surface area contributed by atoms with Gasteiger partial charge in [0.15, 0.2) is 5.78 Å². The largest absolute Gasteiger partial charge is 0.494 e. The smallest absolute Gasteiger partial charge is 0.181 e. The molecular weight excluding hydrogens is 264 g/mol. The second kappa shape index (κ2) is 5.45. The first-order valence-electron chi connectivity index (χ1n) is 5.89. The Balaban J connectivity index is 2.61. The molecule has 1 aromatic carbocycles. The first-order valence-corrected chi connectivity index (χ1v) is 6.42. The molecule has 0 N–H and O–H groups in total. The fraction of sp³-hybridized carbons (Fsp3) is 0.286. The molecule has 2 rings (SSSR count). The van der Waals surface area contributed by atoms with E-state index in [0.29, 0.717) is 17.0 Å². The van der Waals surface area contributed by atoms with E-state index in [9.17, 15) is 4.79 Å². The zero-order valence-corrected chi connectivity index (χ0v) is 11.9. The van der Waals surface area contributed by atoms with E-state index in [2.05, 4.69) is 5.10 Å². The number of carbonyl (C=O) groups excluding carboxylic acids is 1. The Hall–Kier alpha value is -1.81. The van der Waals surface area contributed by atoms with Gasteiger partial charge in [0.25, 0.3) is 0 Å². The number of aryl methyl sites for hydroxylation is 1. The lowest BCUT2D eigenvalue weighted by atomic mass is 10.1. The number of ketones is 1. The van der Waals surface area contributed by atoms with Crippen molar-refractivity contribution in [2.75, 3.05) is 13.0 Å². The van der Waals surface area contributed by atoms with Crippen molar-refractivity contribution in [1.29, 1.82) is 0 Å². The lowest BCUT2D eigenvalue weighted by Gasteiger charge is -2.09. The van der Waals surface area contributed by atoms with E-state index in [1.54, 1.807) is 18.7 Å². The summed E-state index contributed by atoms with van der Waals surface area (Å²) in [5.74, 6) is 0.551. The summed E-state index contributed by atoms with van der Waals surface area (Å²) < 4.78 is 7.04. The molecule has 0 aliphatic carbocycles. The van der Waals surface area contributed by atoms with Crippen LogP contribution in [0.4, 0.5) is 0 Å². The number of methoxy groups -OCH3 is 1. The molecule has 0 fully saturated rings. The van der Waals surface area contributed by atoms with Gasteiger partial charge in [-0.1, -0.05) is 12.1 Å². The van der Waals surface area contributed by atoms with Crippen LogP contribution >= 0.6 is 11.6 Å². The summed E-state index contributed by atoms with van der Waals surface area (Å²) in [5, 5.41) is 4.42. The zero-order valence-electron chi connectivity index (χ0n) is 11.1. The third-order valence-electron chi connectivity index (χ3n) is 3.00. The predicted molar refractivity (Wildman–Crippen MR) is 74.6 cm³/mol. The number of benzene rings is 1. The van der Waals surface area contributed by atoms with Gasteiger partial charge in [0.05, 0.1) is 29.9 Å². The van der Waals surface area contributed by atoms with Crippen LogP contribution in [0, 0.1) is 13.8 Å². The first kappa shape index (κ1) is 13.6. The van der Waals surface area contributed by atoms with E-state index in [1.807, 2.05) is 31.2 Å². The summed E-state index contributed by atoms with van der Waals surface area (Å²) in [6.07, 6.45) is 0. The molecule has 0 bridgehead atoms. The van der Waals surface area contributed by atoms with Crippen LogP contribution in [0.5, 0.6) is 5.75 Å². The van der Waals surface area contributed by atoms with Gasteiger partial charge in [0, 0.05) is 0 Å². The topological polar surface area (TPSA) is 44.1 Å². The van der Waals surface area contributed by atoms with E-state index < -0.39 is 0 Å². The molecule has 1 aromatic heterocycles. The number of alkyl halides is 1. The molecule has 0 aliphatic rings. The standard InChI is InChI=1S/C14H15ClN2O2/c1-9-14(12(18)8-15)10(2)17(16-9)11-6-4-5-7-13(11)19-3/h4-7H,8H2,1-3H3. The van der Waals surface area contributed by atoms with Gasteiger partial charge in [-0.15, -0.1) is 11.6 Å². The predicted octanol–water partition coefficient (Wildman–Crippen LogP) is 2.92. The molecule has 0 amide bonds. The molecular formula is C14H15ClN2O2. The van der Waals surface area contributed by atoms with Gasteiger partial charge in [-0.25, -0.2) is 4.68 Å². The van der Waals surface area contributed by atoms with Gasteiger partial charge in [-0.3, -0.25) is 4.79 Å². The summed E-state index contributed by atoms with van der Waals surface area (Å²) >= 11 is 5.63. The lowest BCUT2D eigenvalue weighted by molar-refractivity contribution is 0.102. The number of carbonyl (C=O) groups is 1. The van der Waals surface area contributed by atoms with Crippen molar-refractivity contribution in [3.63, 3.8) is 0 Å². The third-order valence-corrected chi connectivity index (χ3v) is 3.25. The monoisotopic (exact) mass is 278 g/mol. The molecule has 0 aliphatic heterocycles. The fourth-order valence-corrected chi connectivity index (χ4v) is 2.29. The summed E-state index contributed by atoms with van der Waals surface area (Å²) in [7, 11) is 1.61. The van der Waals surface area contributed by atoms with Crippen molar-refractivity contribution in [2.24, 2.45) is 0 Å². The van der Waals surface area contributed by atoms with Crippen LogP contribution in [-0.2, 0) is 0 Å². The van der Waals surface area contributed by atoms with Crippen molar-refractivity contribution >= 4 is 17.4 Å². The maximum atomic E-state index is 11.8. The first-order chi connectivity index (χ1) is 9.10. The highest BCUT2D eigenvalue weighted by Crippen LogP contribution is 2.25. The zero-order chi connectivity index (χ0) is 14.0. The van der Waals surface area contributed by atoms with Crippen molar-refractivity contribution in [3.05, 3.63) is 41.2 Å². The fourth-order valence-electron chi connectivity index (χ4n) is 2.15. The van der Waals surface area contributed by atoms with Crippen LogP contribution in [0.1, 0.15) is 21.7 Å². The molecule has 0 unspecified atom stereocenters. The minimum Gasteiger partial charge on any atom is -0.494 e. The van der Waals surface area contributed by atoms with Crippen LogP contribution in [0.3, 0.4) is 0 Å².